The van der Waals surface area contributed by atoms with Gasteiger partial charge in [0.05, 0.1) is 16.8 Å². The average molecular weight is 339 g/mol. The smallest absolute Gasteiger partial charge is 0.230 e. The van der Waals surface area contributed by atoms with Crippen LogP contribution in [0.25, 0.3) is 10.9 Å². The fourth-order valence-electron chi connectivity index (χ4n) is 3.18. The van der Waals surface area contributed by atoms with E-state index in [9.17, 15) is 10.1 Å². The monoisotopic (exact) mass is 339 g/mol. The third-order valence-electron chi connectivity index (χ3n) is 4.55. The lowest BCUT2D eigenvalue weighted by Crippen LogP contribution is -2.33. The topological polar surface area (TPSA) is 65.8 Å². The molecule has 24 heavy (non-hydrogen) atoms. The Balaban J connectivity index is 1.79. The van der Waals surface area contributed by atoms with E-state index < -0.39 is 0 Å². The Labute approximate surface area is 146 Å². The van der Waals surface area contributed by atoms with Crippen LogP contribution in [-0.2, 0) is 4.79 Å². The van der Waals surface area contributed by atoms with Gasteiger partial charge in [-0.1, -0.05) is 36.7 Å². The number of fused-ring (bicyclic) bond motifs is 1. The van der Waals surface area contributed by atoms with Crippen molar-refractivity contribution in [3.63, 3.8) is 0 Å². The van der Waals surface area contributed by atoms with Crippen LogP contribution in [0.4, 0.5) is 0 Å². The number of benzene rings is 1. The molecule has 0 unspecified atom stereocenters. The summed E-state index contributed by atoms with van der Waals surface area (Å²) >= 11 is 1.35. The number of nitriles is 1. The lowest BCUT2D eigenvalue weighted by atomic mass is 10.0. The third kappa shape index (κ3) is 3.54. The van der Waals surface area contributed by atoms with Crippen LogP contribution in [0.1, 0.15) is 42.4 Å². The molecule has 1 heterocycles. The lowest BCUT2D eigenvalue weighted by Gasteiger charge is -2.12. The number of nitrogens with one attached hydrogen (secondary N) is 1. The molecule has 0 radical (unpaired) electrons. The van der Waals surface area contributed by atoms with Crippen molar-refractivity contribution in [3.05, 3.63) is 34.9 Å². The molecule has 0 spiro atoms. The Morgan fingerprint density at radius 3 is 2.75 bits per heavy atom. The summed E-state index contributed by atoms with van der Waals surface area (Å²) in [4.78, 5) is 16.8. The van der Waals surface area contributed by atoms with Crippen LogP contribution in [0.2, 0.25) is 0 Å². The van der Waals surface area contributed by atoms with Crippen molar-refractivity contribution in [2.45, 2.75) is 50.6 Å². The van der Waals surface area contributed by atoms with Crippen molar-refractivity contribution in [2.24, 2.45) is 0 Å². The number of pyridine rings is 1. The number of aromatic nitrogens is 1. The van der Waals surface area contributed by atoms with Gasteiger partial charge in [-0.2, -0.15) is 5.26 Å². The molecule has 5 heteroatoms. The first-order valence-electron chi connectivity index (χ1n) is 8.31. The molecule has 1 aliphatic carbocycles. The van der Waals surface area contributed by atoms with E-state index >= 15 is 0 Å². The molecule has 1 aromatic heterocycles. The van der Waals surface area contributed by atoms with E-state index in [1.807, 2.05) is 32.0 Å². The van der Waals surface area contributed by atoms with Crippen molar-refractivity contribution in [3.8, 4) is 6.07 Å². The Hall–Kier alpha value is -2.06. The number of carbonyl (C=O) groups excluding carboxylic acids is 1. The Bertz CT molecular complexity index is 819. The van der Waals surface area contributed by atoms with Gasteiger partial charge in [0.25, 0.3) is 0 Å². The van der Waals surface area contributed by atoms with Crippen LogP contribution in [0.15, 0.2) is 23.2 Å². The molecular weight excluding hydrogens is 318 g/mol. The zero-order valence-electron chi connectivity index (χ0n) is 14.1. The number of hydrogen-bond acceptors (Lipinski definition) is 4. The summed E-state index contributed by atoms with van der Waals surface area (Å²) in [6.07, 6.45) is 4.54. The zero-order chi connectivity index (χ0) is 17.1. The number of nitrogens with zero attached hydrogens (tertiary/aromatic N) is 2. The van der Waals surface area contributed by atoms with Gasteiger partial charge in [0, 0.05) is 11.4 Å². The summed E-state index contributed by atoms with van der Waals surface area (Å²) in [5.41, 5.74) is 3.63. The van der Waals surface area contributed by atoms with Gasteiger partial charge in [-0.3, -0.25) is 4.79 Å². The second kappa shape index (κ2) is 7.23. The van der Waals surface area contributed by atoms with Gasteiger partial charge < -0.3 is 5.32 Å². The Morgan fingerprint density at radius 1 is 1.33 bits per heavy atom. The molecule has 1 aromatic carbocycles. The maximum Gasteiger partial charge on any atom is 0.230 e. The highest BCUT2D eigenvalue weighted by molar-refractivity contribution is 8.00. The molecule has 0 atom stereocenters. The fourth-order valence-corrected chi connectivity index (χ4v) is 3.95. The Kier molecular flexibility index (Phi) is 5.06. The fraction of sp³-hybridized carbons (Fsp3) is 0.421. The average Bonchev–Trinajstić information content (AvgIpc) is 3.08. The molecule has 1 N–H and O–H groups in total. The maximum absolute atomic E-state index is 12.1. The lowest BCUT2D eigenvalue weighted by molar-refractivity contribution is -0.119. The van der Waals surface area contributed by atoms with E-state index in [0.29, 0.717) is 22.4 Å². The highest BCUT2D eigenvalue weighted by atomic mass is 32.2. The number of hydrogen-bond donors (Lipinski definition) is 1. The van der Waals surface area contributed by atoms with Crippen LogP contribution in [0.5, 0.6) is 0 Å². The van der Waals surface area contributed by atoms with Gasteiger partial charge in [0.1, 0.15) is 11.1 Å². The van der Waals surface area contributed by atoms with Crippen molar-refractivity contribution >= 4 is 28.6 Å². The van der Waals surface area contributed by atoms with Crippen molar-refractivity contribution < 1.29 is 4.79 Å². The maximum atomic E-state index is 12.1. The van der Waals surface area contributed by atoms with Gasteiger partial charge >= 0.3 is 0 Å². The van der Waals surface area contributed by atoms with E-state index in [0.717, 1.165) is 34.9 Å². The summed E-state index contributed by atoms with van der Waals surface area (Å²) in [6, 6.07) is 8.51. The van der Waals surface area contributed by atoms with Gasteiger partial charge in [-0.25, -0.2) is 4.98 Å². The van der Waals surface area contributed by atoms with Crippen molar-refractivity contribution in [1.82, 2.24) is 10.3 Å². The molecule has 1 fully saturated rings. The zero-order valence-corrected chi connectivity index (χ0v) is 14.9. The molecular formula is C19H21N3OS. The molecule has 2 aromatic rings. The molecule has 0 saturated heterocycles. The second-order valence-electron chi connectivity index (χ2n) is 6.39. The largest absolute Gasteiger partial charge is 0.353 e. The normalized spacial score (nSPS) is 14.7. The minimum Gasteiger partial charge on any atom is -0.353 e. The van der Waals surface area contributed by atoms with Crippen molar-refractivity contribution in [2.75, 3.05) is 5.75 Å². The SMILES string of the molecule is Cc1ccc(C)c2nc(SCC(=O)NC3CCCC3)c(C#N)cc12. The van der Waals surface area contributed by atoms with Gasteiger partial charge in [0.15, 0.2) is 0 Å². The molecule has 124 valence electrons. The molecule has 4 nitrogen and oxygen atoms in total. The molecule has 1 saturated carbocycles. The quantitative estimate of drug-likeness (QED) is 0.859. The van der Waals surface area contributed by atoms with E-state index in [4.69, 9.17) is 0 Å². The first kappa shape index (κ1) is 16.8. The standard InChI is InChI=1S/C19H21N3OS/c1-12-7-8-13(2)18-16(12)9-14(10-20)19(22-18)24-11-17(23)21-15-5-3-4-6-15/h7-9,15H,3-6,11H2,1-2H3,(H,21,23). The minimum atomic E-state index is 0.0265. The second-order valence-corrected chi connectivity index (χ2v) is 7.35. The van der Waals surface area contributed by atoms with E-state index in [-0.39, 0.29) is 5.91 Å². The molecule has 1 aliphatic rings. The predicted octanol–water partition coefficient (Wildman–Crippen LogP) is 3.87. The third-order valence-corrected chi connectivity index (χ3v) is 5.54. The van der Waals surface area contributed by atoms with Gasteiger partial charge in [-0.15, -0.1) is 0 Å². The first-order chi connectivity index (χ1) is 11.6. The van der Waals surface area contributed by atoms with Gasteiger partial charge in [-0.05, 0) is 43.9 Å². The van der Waals surface area contributed by atoms with Crippen LogP contribution in [-0.4, -0.2) is 22.7 Å². The molecule has 0 bridgehead atoms. The Morgan fingerprint density at radius 2 is 2.04 bits per heavy atom. The number of amides is 1. The first-order valence-corrected chi connectivity index (χ1v) is 9.30. The number of aryl methyl sites for hydroxylation is 2. The van der Waals surface area contributed by atoms with E-state index in [2.05, 4.69) is 16.4 Å². The van der Waals surface area contributed by atoms with Crippen LogP contribution < -0.4 is 5.32 Å². The summed E-state index contributed by atoms with van der Waals surface area (Å²) in [5, 5.41) is 14.1. The number of carbonyl (C=O) groups is 1. The summed E-state index contributed by atoms with van der Waals surface area (Å²) < 4.78 is 0. The number of thioether (sulfide) groups is 1. The molecule has 0 aliphatic heterocycles. The predicted molar refractivity (Wildman–Crippen MR) is 97.1 cm³/mol. The molecule has 1 amide bonds. The summed E-state index contributed by atoms with van der Waals surface area (Å²) in [6.45, 7) is 4.04. The van der Waals surface area contributed by atoms with Gasteiger partial charge in [0.2, 0.25) is 5.91 Å². The number of rotatable bonds is 4. The highest BCUT2D eigenvalue weighted by Crippen LogP contribution is 2.28. The van der Waals surface area contributed by atoms with Crippen LogP contribution in [0.3, 0.4) is 0 Å². The van der Waals surface area contributed by atoms with Crippen molar-refractivity contribution in [1.29, 1.82) is 5.26 Å². The highest BCUT2D eigenvalue weighted by Gasteiger charge is 2.18. The summed E-state index contributed by atoms with van der Waals surface area (Å²) in [5.74, 6) is 0.327. The van der Waals surface area contributed by atoms with E-state index in [1.165, 1.54) is 24.6 Å². The van der Waals surface area contributed by atoms with E-state index in [1.54, 1.807) is 0 Å². The van der Waals surface area contributed by atoms with Crippen LogP contribution >= 0.6 is 11.8 Å². The van der Waals surface area contributed by atoms with Crippen LogP contribution in [0, 0.1) is 25.2 Å². The summed E-state index contributed by atoms with van der Waals surface area (Å²) in [7, 11) is 0. The molecule has 3 rings (SSSR count). The minimum absolute atomic E-state index is 0.0265.